The number of nitrogens with zero attached hydrogens (tertiary/aromatic N) is 2. The zero-order valence-corrected chi connectivity index (χ0v) is 15.0. The van der Waals surface area contributed by atoms with Crippen molar-refractivity contribution < 1.29 is 5.79 Å². The number of benzene rings is 1. The quantitative estimate of drug-likeness (QED) is 0.443. The van der Waals surface area contributed by atoms with E-state index in [0.29, 0.717) is 17.3 Å². The molecule has 0 aliphatic carbocycles. The van der Waals surface area contributed by atoms with Crippen molar-refractivity contribution in [1.29, 1.82) is 0 Å². The molecule has 0 aliphatic rings. The Balaban J connectivity index is 1.91. The lowest BCUT2D eigenvalue weighted by atomic mass is 10.0. The van der Waals surface area contributed by atoms with Gasteiger partial charge in [0.15, 0.2) is 0 Å². The molecule has 0 spiro atoms. The van der Waals surface area contributed by atoms with Crippen LogP contribution in [-0.4, -0.2) is 9.97 Å². The first-order chi connectivity index (χ1) is 12.3. The van der Waals surface area contributed by atoms with E-state index in [0.717, 1.165) is 27.6 Å². The Hall–Kier alpha value is -2.68. The van der Waals surface area contributed by atoms with Crippen LogP contribution in [-0.2, 0) is 0 Å². The van der Waals surface area contributed by atoms with Crippen LogP contribution in [0.15, 0.2) is 53.1 Å². The van der Waals surface area contributed by atoms with E-state index in [9.17, 15) is 0 Å². The van der Waals surface area contributed by atoms with Gasteiger partial charge in [-0.2, -0.15) is 0 Å². The van der Waals surface area contributed by atoms with Crippen LogP contribution in [0.5, 0.6) is 0 Å². The van der Waals surface area contributed by atoms with Gasteiger partial charge in [-0.25, -0.2) is 4.98 Å². The van der Waals surface area contributed by atoms with Gasteiger partial charge in [-0.05, 0) is 41.6 Å². The summed E-state index contributed by atoms with van der Waals surface area (Å²) < 4.78 is 14.3. The van der Waals surface area contributed by atoms with Crippen molar-refractivity contribution in [2.45, 2.75) is 39.5 Å². The average molecular weight is 331 g/mol. The number of fused-ring (bicyclic) bond motifs is 3. The molecule has 4 rings (SSSR count). The molecule has 0 fully saturated rings. The van der Waals surface area contributed by atoms with Gasteiger partial charge >= 0.3 is 0 Å². The number of rotatable bonds is 3. The van der Waals surface area contributed by atoms with Crippen LogP contribution in [0, 0.1) is 0 Å². The van der Waals surface area contributed by atoms with Gasteiger partial charge in [0.25, 0.3) is 0 Å². The molecule has 3 aromatic heterocycles. The summed E-state index contributed by atoms with van der Waals surface area (Å²) >= 11 is 0. The Labute approximate surface area is 149 Å². The molecule has 0 atom stereocenters. The van der Waals surface area contributed by atoms with Gasteiger partial charge in [0.2, 0.25) is 5.71 Å². The van der Waals surface area contributed by atoms with Gasteiger partial charge in [-0.15, -0.1) is 0 Å². The number of furan rings is 1. The lowest BCUT2D eigenvalue weighted by Crippen LogP contribution is -1.90. The fourth-order valence-electron chi connectivity index (χ4n) is 3.07. The summed E-state index contributed by atoms with van der Waals surface area (Å²) in [4.78, 5) is 9.22. The maximum Gasteiger partial charge on any atom is 0.227 e. The summed E-state index contributed by atoms with van der Waals surface area (Å²) in [6, 6.07) is 14.2. The van der Waals surface area contributed by atoms with E-state index >= 15 is 0 Å². The van der Waals surface area contributed by atoms with Crippen LogP contribution in [0.4, 0.5) is 0 Å². The second-order valence-electron chi connectivity index (χ2n) is 6.96. The maximum atomic E-state index is 8.20. The van der Waals surface area contributed by atoms with Crippen molar-refractivity contribution in [2.24, 2.45) is 0 Å². The third-order valence-electron chi connectivity index (χ3n) is 4.61. The first-order valence-corrected chi connectivity index (χ1v) is 8.63. The maximum absolute atomic E-state index is 8.20. The van der Waals surface area contributed by atoms with Crippen molar-refractivity contribution >= 4 is 22.1 Å². The van der Waals surface area contributed by atoms with Gasteiger partial charge in [0, 0.05) is 29.6 Å². The molecule has 0 aliphatic heterocycles. The number of para-hydroxylation sites is 1. The molecule has 4 aromatic rings. The molecule has 3 heterocycles. The van der Waals surface area contributed by atoms with Gasteiger partial charge in [0.1, 0.15) is 5.58 Å². The molecule has 0 amide bonds. The number of hydrogen-bond donors (Lipinski definition) is 0. The smallest absolute Gasteiger partial charge is 0.227 e. The van der Waals surface area contributed by atoms with Gasteiger partial charge in [-0.1, -0.05) is 45.9 Å². The molecule has 0 unspecified atom stereocenters. The molecular weight excluding hydrogens is 308 g/mol. The monoisotopic (exact) mass is 331 g/mol. The average Bonchev–Trinajstić information content (AvgIpc) is 2.99. The molecule has 0 N–H and O–H groups in total. The van der Waals surface area contributed by atoms with E-state index in [1.807, 2.05) is 56.4 Å². The molecule has 3 heteroatoms. The van der Waals surface area contributed by atoms with E-state index in [4.69, 9.17) is 5.79 Å². The molecule has 0 bridgehead atoms. The third kappa shape index (κ3) is 2.70. The second kappa shape index (κ2) is 5.99. The molecule has 0 radical (unpaired) electrons. The summed E-state index contributed by atoms with van der Waals surface area (Å²) in [6.07, 6.45) is 1.93. The van der Waals surface area contributed by atoms with Gasteiger partial charge in [0.05, 0.1) is 5.69 Å². The highest BCUT2D eigenvalue weighted by atomic mass is 16.3. The van der Waals surface area contributed by atoms with Crippen molar-refractivity contribution in [2.75, 3.05) is 0 Å². The zero-order chi connectivity index (χ0) is 18.5. The van der Waals surface area contributed by atoms with Crippen molar-refractivity contribution in [1.82, 2.24) is 9.97 Å². The molecule has 25 heavy (non-hydrogen) atoms. The van der Waals surface area contributed by atoms with E-state index in [-0.39, 0.29) is 0 Å². The third-order valence-corrected chi connectivity index (χ3v) is 4.61. The highest BCUT2D eigenvalue weighted by molar-refractivity contribution is 6.08. The van der Waals surface area contributed by atoms with Crippen LogP contribution in [0.25, 0.3) is 33.3 Å². The minimum Gasteiger partial charge on any atom is -0.437 e. The summed E-state index contributed by atoms with van der Waals surface area (Å²) in [5.41, 5.74) is 5.13. The summed E-state index contributed by atoms with van der Waals surface area (Å²) in [7, 11) is 0. The highest BCUT2D eigenvalue weighted by Gasteiger charge is 2.15. The highest BCUT2D eigenvalue weighted by Crippen LogP contribution is 2.35. The molecular formula is C22H22N2O. The topological polar surface area (TPSA) is 38.9 Å². The molecule has 0 saturated heterocycles. The van der Waals surface area contributed by atoms with E-state index < -0.39 is 5.89 Å². The Bertz CT molecular complexity index is 1090. The summed E-state index contributed by atoms with van der Waals surface area (Å²) in [6.45, 7) is 7.98. The van der Waals surface area contributed by atoms with Crippen molar-refractivity contribution in [3.8, 4) is 11.3 Å². The van der Waals surface area contributed by atoms with Crippen molar-refractivity contribution in [3.05, 3.63) is 59.9 Å². The van der Waals surface area contributed by atoms with Crippen LogP contribution < -0.4 is 0 Å². The largest absolute Gasteiger partial charge is 0.437 e. The molecule has 1 aromatic carbocycles. The number of hydrogen-bond acceptors (Lipinski definition) is 3. The van der Waals surface area contributed by atoms with Gasteiger partial charge < -0.3 is 4.42 Å². The van der Waals surface area contributed by atoms with Crippen LogP contribution >= 0.6 is 0 Å². The Kier molecular flexibility index (Phi) is 3.51. The lowest BCUT2D eigenvalue weighted by Gasteiger charge is -2.06. The SMILES string of the molecule is [2H]C(C)(C)c1ccc2c(n1)oc1c(-c3ccc(C(C)C)cn3)cccc12. The second-order valence-corrected chi connectivity index (χ2v) is 6.96. The Morgan fingerprint density at radius 1 is 0.960 bits per heavy atom. The van der Waals surface area contributed by atoms with Crippen LogP contribution in [0.1, 0.15) is 52.1 Å². The normalized spacial score (nSPS) is 12.9. The first kappa shape index (κ1) is 14.6. The van der Waals surface area contributed by atoms with Crippen molar-refractivity contribution in [3.63, 3.8) is 0 Å². The summed E-state index contributed by atoms with van der Waals surface area (Å²) in [5.74, 6) is -0.307. The minimum absolute atomic E-state index is 0.453. The Morgan fingerprint density at radius 3 is 2.48 bits per heavy atom. The van der Waals surface area contributed by atoms with Crippen LogP contribution in [0.2, 0.25) is 0 Å². The molecule has 0 saturated carbocycles. The standard InChI is InChI=1S/C22H22N2O/c1-13(2)15-8-10-20(23-12-15)18-7-5-6-16-17-9-11-19(14(3)4)24-22(17)25-21(16)18/h5-14H,1-4H3/i14D. The predicted octanol–water partition coefficient (Wildman–Crippen LogP) is 6.29. The predicted molar refractivity (Wildman–Crippen MR) is 103 cm³/mol. The lowest BCUT2D eigenvalue weighted by molar-refractivity contribution is 0.648. The zero-order valence-electron chi connectivity index (χ0n) is 16.0. The number of aromatic nitrogens is 2. The first-order valence-electron chi connectivity index (χ1n) is 9.13. The van der Waals surface area contributed by atoms with Crippen LogP contribution in [0.3, 0.4) is 0 Å². The fraction of sp³-hybridized carbons (Fsp3) is 0.273. The minimum atomic E-state index is -0.760. The Morgan fingerprint density at radius 2 is 1.80 bits per heavy atom. The summed E-state index contributed by atoms with van der Waals surface area (Å²) in [5, 5.41) is 1.99. The van der Waals surface area contributed by atoms with Gasteiger partial charge in [-0.3, -0.25) is 4.98 Å². The fourth-order valence-corrected chi connectivity index (χ4v) is 3.07. The van der Waals surface area contributed by atoms with E-state index in [1.54, 1.807) is 0 Å². The number of pyridine rings is 2. The molecule has 3 nitrogen and oxygen atoms in total. The molecule has 126 valence electrons. The van der Waals surface area contributed by atoms with E-state index in [1.165, 1.54) is 5.56 Å². The van der Waals surface area contributed by atoms with E-state index in [2.05, 4.69) is 29.9 Å².